The Bertz CT molecular complexity index is 547. The predicted molar refractivity (Wildman–Crippen MR) is 106 cm³/mol. The highest BCUT2D eigenvalue weighted by Gasteiger charge is 2.49. The van der Waals surface area contributed by atoms with Gasteiger partial charge < -0.3 is 40.5 Å². The maximum absolute atomic E-state index is 12.4. The molecule has 0 bridgehead atoms. The van der Waals surface area contributed by atoms with Gasteiger partial charge in [0.25, 0.3) is 0 Å². The Kier molecular flexibility index (Phi) is 8.43. The Morgan fingerprint density at radius 2 is 1.97 bits per heavy atom. The van der Waals surface area contributed by atoms with Crippen LogP contribution >= 0.6 is 0 Å². The summed E-state index contributed by atoms with van der Waals surface area (Å²) in [4.78, 5) is 12.4. The number of carbonyl (C=O) groups excluding carboxylic acids is 1. The van der Waals surface area contributed by atoms with E-state index in [0.717, 1.165) is 0 Å². The van der Waals surface area contributed by atoms with Crippen molar-refractivity contribution in [2.75, 3.05) is 13.7 Å². The van der Waals surface area contributed by atoms with Crippen molar-refractivity contribution in [1.29, 1.82) is 0 Å². The Hall–Kier alpha value is -0.810. The van der Waals surface area contributed by atoms with Crippen LogP contribution in [0.1, 0.15) is 47.0 Å². The number of ether oxygens (including phenoxy) is 2. The molecular formula is C20H38N2O7. The van der Waals surface area contributed by atoms with Crippen LogP contribution in [0.4, 0.5) is 0 Å². The van der Waals surface area contributed by atoms with Gasteiger partial charge in [-0.15, -0.1) is 0 Å². The number of nitrogens with one attached hydrogen (secondary N) is 2. The molecule has 1 heterocycles. The summed E-state index contributed by atoms with van der Waals surface area (Å²) in [7, 11) is 1.63. The minimum Gasteiger partial charge on any atom is -0.390 e. The summed E-state index contributed by atoms with van der Waals surface area (Å²) in [6, 6.07) is -1.22. The molecular weight excluding hydrogens is 380 g/mol. The molecule has 0 radical (unpaired) electrons. The fourth-order valence-corrected chi connectivity index (χ4v) is 4.34. The highest BCUT2D eigenvalue weighted by molar-refractivity contribution is 5.80. The van der Waals surface area contributed by atoms with Crippen LogP contribution in [-0.4, -0.2) is 88.4 Å². The number of rotatable bonds is 7. The summed E-state index contributed by atoms with van der Waals surface area (Å²) < 4.78 is 11.5. The number of hydrogen-bond acceptors (Lipinski definition) is 8. The molecule has 1 amide bonds. The van der Waals surface area contributed by atoms with Crippen molar-refractivity contribution in [2.24, 2.45) is 11.8 Å². The predicted octanol–water partition coefficient (Wildman–Crippen LogP) is -0.890. The first kappa shape index (κ1) is 24.5. The van der Waals surface area contributed by atoms with Crippen molar-refractivity contribution in [3.05, 3.63) is 0 Å². The lowest BCUT2D eigenvalue weighted by molar-refractivity contribution is -0.296. The molecule has 1 saturated carbocycles. The third-order valence-corrected chi connectivity index (χ3v) is 6.42. The molecule has 6 N–H and O–H groups in total. The van der Waals surface area contributed by atoms with Crippen LogP contribution in [-0.2, 0) is 14.3 Å². The quantitative estimate of drug-likeness (QED) is 0.313. The highest BCUT2D eigenvalue weighted by Crippen LogP contribution is 2.34. The molecule has 2 rings (SSSR count). The van der Waals surface area contributed by atoms with Crippen molar-refractivity contribution in [3.8, 4) is 0 Å². The van der Waals surface area contributed by atoms with E-state index in [2.05, 4.69) is 10.6 Å². The fourth-order valence-electron chi connectivity index (χ4n) is 4.34. The van der Waals surface area contributed by atoms with Crippen molar-refractivity contribution in [3.63, 3.8) is 0 Å². The Balaban J connectivity index is 2.16. The summed E-state index contributed by atoms with van der Waals surface area (Å²) >= 11 is 0. The Morgan fingerprint density at radius 3 is 2.55 bits per heavy atom. The van der Waals surface area contributed by atoms with E-state index in [1.165, 1.54) is 0 Å². The first-order chi connectivity index (χ1) is 13.5. The molecule has 29 heavy (non-hydrogen) atoms. The molecule has 1 aliphatic heterocycles. The van der Waals surface area contributed by atoms with Crippen LogP contribution in [0, 0.1) is 11.8 Å². The second-order valence-electron chi connectivity index (χ2n) is 8.88. The van der Waals surface area contributed by atoms with Crippen LogP contribution in [0.25, 0.3) is 0 Å². The molecule has 10 atom stereocenters. The second kappa shape index (κ2) is 10.00. The van der Waals surface area contributed by atoms with Gasteiger partial charge in [0.05, 0.1) is 24.8 Å². The first-order valence-corrected chi connectivity index (χ1v) is 10.5. The van der Waals surface area contributed by atoms with Gasteiger partial charge in [-0.3, -0.25) is 4.79 Å². The largest absolute Gasteiger partial charge is 0.390 e. The molecule has 9 heteroatoms. The van der Waals surface area contributed by atoms with E-state index < -0.39 is 54.3 Å². The summed E-state index contributed by atoms with van der Waals surface area (Å²) in [5.74, 6) is -0.459. The van der Waals surface area contributed by atoms with Gasteiger partial charge in [-0.2, -0.15) is 0 Å². The summed E-state index contributed by atoms with van der Waals surface area (Å²) in [6.45, 7) is 7.29. The Labute approximate surface area is 172 Å². The number of carbonyl (C=O) groups is 1. The molecule has 0 unspecified atom stereocenters. The molecule has 2 fully saturated rings. The van der Waals surface area contributed by atoms with Gasteiger partial charge in [-0.05, 0) is 38.6 Å². The maximum Gasteiger partial charge on any atom is 0.249 e. The minimum atomic E-state index is -1.28. The lowest BCUT2D eigenvalue weighted by atomic mass is 9.75. The van der Waals surface area contributed by atoms with Gasteiger partial charge in [-0.25, -0.2) is 0 Å². The SMILES string of the molecule is CCC[C@H](O)C(=O)N[C@@H]1C[C@H](C)[C@@H](C)[C@H](O)[C@H]1O[C@H]1OC[C@](C)(O)[C@H](NC)[C@H]1O. The van der Waals surface area contributed by atoms with Gasteiger partial charge in [-0.1, -0.05) is 27.2 Å². The molecule has 0 aromatic rings. The number of amides is 1. The molecule has 0 spiro atoms. The molecule has 1 aliphatic carbocycles. The van der Waals surface area contributed by atoms with Gasteiger partial charge in [0.2, 0.25) is 5.91 Å². The number of aliphatic hydroxyl groups is 4. The summed E-state index contributed by atoms with van der Waals surface area (Å²) in [6.07, 6.45) is -3.50. The molecule has 170 valence electrons. The van der Waals surface area contributed by atoms with Crippen molar-refractivity contribution in [2.45, 2.75) is 95.3 Å². The topological polar surface area (TPSA) is 141 Å². The fraction of sp³-hybridized carbons (Fsp3) is 0.950. The first-order valence-electron chi connectivity index (χ1n) is 10.5. The van der Waals surface area contributed by atoms with E-state index in [1.807, 2.05) is 20.8 Å². The van der Waals surface area contributed by atoms with E-state index in [1.54, 1.807) is 14.0 Å². The molecule has 1 saturated heterocycles. The normalized spacial score (nSPS) is 44.3. The maximum atomic E-state index is 12.4. The van der Waals surface area contributed by atoms with E-state index in [4.69, 9.17) is 9.47 Å². The van der Waals surface area contributed by atoms with Gasteiger partial charge >= 0.3 is 0 Å². The van der Waals surface area contributed by atoms with Gasteiger partial charge in [0.15, 0.2) is 6.29 Å². The number of hydrogen-bond donors (Lipinski definition) is 6. The van der Waals surface area contributed by atoms with E-state index in [-0.39, 0.29) is 18.4 Å². The minimum absolute atomic E-state index is 0.0543. The molecule has 0 aromatic heterocycles. The smallest absolute Gasteiger partial charge is 0.249 e. The van der Waals surface area contributed by atoms with Crippen LogP contribution in [0.3, 0.4) is 0 Å². The zero-order valence-corrected chi connectivity index (χ0v) is 18.0. The van der Waals surface area contributed by atoms with E-state index >= 15 is 0 Å². The van der Waals surface area contributed by atoms with Gasteiger partial charge in [0.1, 0.15) is 23.9 Å². The molecule has 9 nitrogen and oxygen atoms in total. The lowest BCUT2D eigenvalue weighted by Crippen LogP contribution is -2.67. The number of aliphatic hydroxyl groups excluding tert-OH is 3. The average molecular weight is 419 g/mol. The van der Waals surface area contributed by atoms with Crippen molar-refractivity contribution in [1.82, 2.24) is 10.6 Å². The standard InChI is InChI=1S/C20H38N2O7/c1-6-7-13(23)18(26)22-12-8-10(2)11(3)14(24)16(12)29-19-15(25)17(21-5)20(4,27)9-28-19/h10-17,19,21,23-25,27H,6-9H2,1-5H3,(H,22,26)/t10-,11+,12+,13-,14-,15+,16-,17+,19+,20-/m0/s1. The third-order valence-electron chi connectivity index (χ3n) is 6.42. The summed E-state index contributed by atoms with van der Waals surface area (Å²) in [5.41, 5.74) is -1.28. The molecule has 0 aromatic carbocycles. The number of likely N-dealkylation sites (N-methyl/N-ethyl adjacent to an activating group) is 1. The zero-order chi connectivity index (χ0) is 21.9. The van der Waals surface area contributed by atoms with Crippen LogP contribution in [0.2, 0.25) is 0 Å². The van der Waals surface area contributed by atoms with E-state index in [9.17, 15) is 25.2 Å². The molecule has 2 aliphatic rings. The van der Waals surface area contributed by atoms with Crippen molar-refractivity contribution < 1.29 is 34.7 Å². The van der Waals surface area contributed by atoms with Crippen LogP contribution < -0.4 is 10.6 Å². The average Bonchev–Trinajstić information content (AvgIpc) is 2.65. The van der Waals surface area contributed by atoms with Crippen LogP contribution in [0.5, 0.6) is 0 Å². The van der Waals surface area contributed by atoms with Gasteiger partial charge in [0, 0.05) is 0 Å². The monoisotopic (exact) mass is 418 g/mol. The zero-order valence-electron chi connectivity index (χ0n) is 18.0. The third kappa shape index (κ3) is 5.46. The van der Waals surface area contributed by atoms with E-state index in [0.29, 0.717) is 19.3 Å². The van der Waals surface area contributed by atoms with Crippen molar-refractivity contribution >= 4 is 5.91 Å². The highest BCUT2D eigenvalue weighted by atomic mass is 16.7. The second-order valence-corrected chi connectivity index (χ2v) is 8.88. The Morgan fingerprint density at radius 1 is 1.31 bits per heavy atom. The lowest BCUT2D eigenvalue weighted by Gasteiger charge is -2.48. The van der Waals surface area contributed by atoms with Crippen LogP contribution in [0.15, 0.2) is 0 Å². The summed E-state index contributed by atoms with van der Waals surface area (Å²) in [5, 5.41) is 47.6.